The number of nitrogens with zero attached hydrogens (tertiary/aromatic N) is 3. The SMILES string of the molecule is C#CCN1C(=O)S/C(=C\c2cn(CC(=O)N3CCCC3)c3c(CC)cccc23)C1=O. The predicted octanol–water partition coefficient (Wildman–Crippen LogP) is 3.50. The van der Waals surface area contributed by atoms with E-state index in [4.69, 9.17) is 6.42 Å². The molecule has 0 atom stereocenters. The van der Waals surface area contributed by atoms with Crippen LogP contribution >= 0.6 is 11.8 Å². The predicted molar refractivity (Wildman–Crippen MR) is 119 cm³/mol. The molecule has 2 aliphatic rings. The van der Waals surface area contributed by atoms with Crippen molar-refractivity contribution in [1.29, 1.82) is 0 Å². The molecular weight excluding hydrogens is 398 g/mol. The molecule has 2 aromatic rings. The Hall–Kier alpha value is -2.98. The second-order valence-electron chi connectivity index (χ2n) is 7.44. The summed E-state index contributed by atoms with van der Waals surface area (Å²) in [5, 5.41) is 0.610. The summed E-state index contributed by atoms with van der Waals surface area (Å²) in [4.78, 5) is 40.8. The van der Waals surface area contributed by atoms with Gasteiger partial charge in [-0.2, -0.15) is 0 Å². The van der Waals surface area contributed by atoms with E-state index in [1.807, 2.05) is 27.8 Å². The van der Waals surface area contributed by atoms with Gasteiger partial charge in [-0.15, -0.1) is 6.42 Å². The van der Waals surface area contributed by atoms with Crippen molar-refractivity contribution in [2.24, 2.45) is 0 Å². The highest BCUT2D eigenvalue weighted by Gasteiger charge is 2.34. The first-order valence-electron chi connectivity index (χ1n) is 10.1. The van der Waals surface area contributed by atoms with Gasteiger partial charge in [0.15, 0.2) is 0 Å². The van der Waals surface area contributed by atoms with Gasteiger partial charge in [0.2, 0.25) is 5.91 Å². The minimum Gasteiger partial charge on any atom is -0.341 e. The average molecular weight is 422 g/mol. The Kier molecular flexibility index (Phi) is 5.69. The molecule has 3 amide bonds. The standard InChI is InChI=1S/C23H23N3O3S/c1-3-10-26-22(28)19(30-23(26)29)13-17-14-25(15-20(27)24-11-5-6-12-24)21-16(4-2)8-7-9-18(17)21/h1,7-9,13-14H,4-6,10-12,15H2,2H3/b19-13-. The van der Waals surface area contributed by atoms with Crippen molar-refractivity contribution in [3.8, 4) is 12.3 Å². The van der Waals surface area contributed by atoms with E-state index in [1.54, 1.807) is 6.08 Å². The number of thioether (sulfide) groups is 1. The molecule has 0 bridgehead atoms. The quantitative estimate of drug-likeness (QED) is 0.548. The number of fused-ring (bicyclic) bond motifs is 1. The summed E-state index contributed by atoms with van der Waals surface area (Å²) in [5.74, 6) is 2.09. The van der Waals surface area contributed by atoms with E-state index in [0.29, 0.717) is 4.91 Å². The second-order valence-corrected chi connectivity index (χ2v) is 8.43. The molecule has 0 radical (unpaired) electrons. The fourth-order valence-electron chi connectivity index (χ4n) is 4.07. The second kappa shape index (κ2) is 8.41. The van der Waals surface area contributed by atoms with Gasteiger partial charge in [0, 0.05) is 30.2 Å². The molecule has 0 aliphatic carbocycles. The summed E-state index contributed by atoms with van der Waals surface area (Å²) in [6.45, 7) is 3.94. The van der Waals surface area contributed by atoms with E-state index in [1.165, 1.54) is 0 Å². The lowest BCUT2D eigenvalue weighted by Gasteiger charge is -2.16. The highest BCUT2D eigenvalue weighted by atomic mass is 32.2. The fraction of sp³-hybridized carbons (Fsp3) is 0.348. The lowest BCUT2D eigenvalue weighted by molar-refractivity contribution is -0.130. The van der Waals surface area contributed by atoms with Gasteiger partial charge in [-0.05, 0) is 42.7 Å². The van der Waals surface area contributed by atoms with Gasteiger partial charge >= 0.3 is 0 Å². The van der Waals surface area contributed by atoms with E-state index in [9.17, 15) is 14.4 Å². The number of rotatable bonds is 5. The molecule has 3 heterocycles. The van der Waals surface area contributed by atoms with Crippen LogP contribution in [0.25, 0.3) is 17.0 Å². The number of benzene rings is 1. The van der Waals surface area contributed by atoms with E-state index in [0.717, 1.165) is 71.0 Å². The lowest BCUT2D eigenvalue weighted by Crippen LogP contribution is -2.30. The van der Waals surface area contributed by atoms with Crippen molar-refractivity contribution in [2.45, 2.75) is 32.7 Å². The third-order valence-electron chi connectivity index (χ3n) is 5.57. The average Bonchev–Trinajstić information content (AvgIpc) is 3.45. The Morgan fingerprint density at radius 3 is 2.73 bits per heavy atom. The molecule has 2 fully saturated rings. The first kappa shape index (κ1) is 20.3. The highest BCUT2D eigenvalue weighted by Crippen LogP contribution is 2.34. The largest absolute Gasteiger partial charge is 0.341 e. The molecule has 1 aromatic carbocycles. The Bertz CT molecular complexity index is 1100. The van der Waals surface area contributed by atoms with Gasteiger partial charge in [0.05, 0.1) is 17.0 Å². The van der Waals surface area contributed by atoms with Crippen LogP contribution in [0.1, 0.15) is 30.9 Å². The molecule has 0 saturated carbocycles. The van der Waals surface area contributed by atoms with Crippen LogP contribution in [0.4, 0.5) is 4.79 Å². The normalized spacial score (nSPS) is 18.1. The van der Waals surface area contributed by atoms with Crippen molar-refractivity contribution < 1.29 is 14.4 Å². The highest BCUT2D eigenvalue weighted by molar-refractivity contribution is 8.18. The van der Waals surface area contributed by atoms with Crippen molar-refractivity contribution in [3.63, 3.8) is 0 Å². The number of aromatic nitrogens is 1. The van der Waals surface area contributed by atoms with E-state index in [-0.39, 0.29) is 30.1 Å². The van der Waals surface area contributed by atoms with Crippen molar-refractivity contribution in [3.05, 3.63) is 40.4 Å². The van der Waals surface area contributed by atoms with Gasteiger partial charge < -0.3 is 9.47 Å². The molecule has 6 nitrogen and oxygen atoms in total. The maximum absolute atomic E-state index is 12.8. The Balaban J connectivity index is 1.74. The topological polar surface area (TPSA) is 62.6 Å². The number of carbonyl (C=O) groups is 3. The zero-order valence-corrected chi connectivity index (χ0v) is 17.7. The van der Waals surface area contributed by atoms with Crippen molar-refractivity contribution in [2.75, 3.05) is 19.6 Å². The van der Waals surface area contributed by atoms with Gasteiger partial charge in [-0.1, -0.05) is 31.0 Å². The first-order valence-corrected chi connectivity index (χ1v) is 10.9. The van der Waals surface area contributed by atoms with Crippen LogP contribution in [-0.4, -0.2) is 51.1 Å². The smallest absolute Gasteiger partial charge is 0.294 e. The number of likely N-dealkylation sites (tertiary alicyclic amines) is 1. The molecule has 0 unspecified atom stereocenters. The van der Waals surface area contributed by atoms with E-state index in [2.05, 4.69) is 18.9 Å². The summed E-state index contributed by atoms with van der Waals surface area (Å²) in [6, 6.07) is 6.03. The van der Waals surface area contributed by atoms with E-state index < -0.39 is 0 Å². The maximum Gasteiger partial charge on any atom is 0.294 e. The number of imide groups is 1. The summed E-state index contributed by atoms with van der Waals surface area (Å²) in [6.07, 6.45) is 11.9. The molecule has 7 heteroatoms. The Morgan fingerprint density at radius 2 is 2.03 bits per heavy atom. The molecule has 30 heavy (non-hydrogen) atoms. The Morgan fingerprint density at radius 1 is 1.27 bits per heavy atom. The van der Waals surface area contributed by atoms with Gasteiger partial charge in [0.25, 0.3) is 11.1 Å². The third kappa shape index (κ3) is 3.63. The molecule has 2 saturated heterocycles. The number of para-hydroxylation sites is 1. The Labute approximate surface area is 179 Å². The number of hydrogen-bond acceptors (Lipinski definition) is 4. The number of amides is 3. The fourth-order valence-corrected chi connectivity index (χ4v) is 4.90. The van der Waals surface area contributed by atoms with Gasteiger partial charge in [0.1, 0.15) is 6.54 Å². The summed E-state index contributed by atoms with van der Waals surface area (Å²) >= 11 is 0.897. The van der Waals surface area contributed by atoms with Crippen molar-refractivity contribution >= 4 is 45.8 Å². The molecule has 0 spiro atoms. The van der Waals surface area contributed by atoms with Gasteiger partial charge in [-0.25, -0.2) is 0 Å². The monoisotopic (exact) mass is 421 g/mol. The summed E-state index contributed by atoms with van der Waals surface area (Å²) in [7, 11) is 0. The zero-order chi connectivity index (χ0) is 21.3. The number of terminal acetylenes is 1. The lowest BCUT2D eigenvalue weighted by atomic mass is 10.1. The van der Waals surface area contributed by atoms with Crippen LogP contribution in [-0.2, 0) is 22.6 Å². The van der Waals surface area contributed by atoms with Crippen LogP contribution in [0.2, 0.25) is 0 Å². The summed E-state index contributed by atoms with van der Waals surface area (Å²) in [5.41, 5.74) is 2.96. The first-order chi connectivity index (χ1) is 14.5. The number of carbonyl (C=O) groups excluding carboxylic acids is 3. The molecule has 4 rings (SSSR count). The molecule has 154 valence electrons. The maximum atomic E-state index is 12.8. The third-order valence-corrected chi connectivity index (χ3v) is 6.47. The van der Waals surface area contributed by atoms with E-state index >= 15 is 0 Å². The molecular formula is C23H23N3O3S. The van der Waals surface area contributed by atoms with Crippen LogP contribution in [0.5, 0.6) is 0 Å². The molecule has 1 aromatic heterocycles. The summed E-state index contributed by atoms with van der Waals surface area (Å²) < 4.78 is 1.98. The minimum atomic E-state index is -0.372. The molecule has 2 aliphatic heterocycles. The van der Waals surface area contributed by atoms with Crippen molar-refractivity contribution in [1.82, 2.24) is 14.4 Å². The number of aryl methyl sites for hydroxylation is 1. The van der Waals surface area contributed by atoms with Crippen LogP contribution in [0.3, 0.4) is 0 Å². The van der Waals surface area contributed by atoms with Gasteiger partial charge in [-0.3, -0.25) is 19.3 Å². The zero-order valence-electron chi connectivity index (χ0n) is 16.9. The van der Waals surface area contributed by atoms with Crippen LogP contribution in [0, 0.1) is 12.3 Å². The number of hydrogen-bond donors (Lipinski definition) is 0. The van der Waals surface area contributed by atoms with Crippen LogP contribution in [0.15, 0.2) is 29.3 Å². The van der Waals surface area contributed by atoms with Crippen LogP contribution < -0.4 is 0 Å². The minimum absolute atomic E-state index is 0.0336. The molecule has 0 N–H and O–H groups in total.